The summed E-state index contributed by atoms with van der Waals surface area (Å²) in [7, 11) is 0. The average molecular weight is 312 g/mol. The fraction of sp³-hybridized carbons (Fsp3) is 1.00. The monoisotopic (exact) mass is 311 g/mol. The molecular weight excluding hydrogens is 282 g/mol. The van der Waals surface area contributed by atoms with Gasteiger partial charge in [0, 0.05) is 25.6 Å². The molecule has 0 rings (SSSR count). The van der Waals surface area contributed by atoms with Crippen molar-refractivity contribution in [1.29, 1.82) is 0 Å². The van der Waals surface area contributed by atoms with Gasteiger partial charge in [-0.25, -0.2) is 0 Å². The lowest BCUT2D eigenvalue weighted by molar-refractivity contribution is -0.0564. The summed E-state index contributed by atoms with van der Waals surface area (Å²) in [6, 6.07) is 0. The molecule has 0 aromatic rings. The summed E-state index contributed by atoms with van der Waals surface area (Å²) in [5.74, 6) is 0.763. The Kier molecular flexibility index (Phi) is 19.2. The molecule has 1 N–H and O–H groups in total. The second-order valence-electron chi connectivity index (χ2n) is 4.29. The lowest BCUT2D eigenvalue weighted by Crippen LogP contribution is -2.24. The minimum absolute atomic E-state index is 0.336. The Hall–Kier alpha value is 0.0900. The number of halogens is 1. The molecule has 0 unspecified atom stereocenters. The molecule has 0 heterocycles. The van der Waals surface area contributed by atoms with Gasteiger partial charge >= 0.3 is 0 Å². The first-order chi connectivity index (χ1) is 9.91. The predicted octanol–water partition coefficient (Wildman–Crippen LogP) is 2.38. The molecule has 0 atom stereocenters. The van der Waals surface area contributed by atoms with Gasteiger partial charge in [-0.3, -0.25) is 5.32 Å². The Balaban J connectivity index is 2.89. The Bertz CT molecular complexity index is 157. The molecule has 0 aliphatic rings. The molecular formula is C14H30ClNO4. The maximum absolute atomic E-state index is 5.60. The molecule has 0 spiro atoms. The number of rotatable bonds is 17. The first-order valence-corrected chi connectivity index (χ1v) is 8.03. The number of unbranched alkanes of at least 4 members (excludes halogenated alkanes) is 3. The van der Waals surface area contributed by atoms with Crippen LogP contribution < -0.4 is 5.32 Å². The van der Waals surface area contributed by atoms with E-state index >= 15 is 0 Å². The highest BCUT2D eigenvalue weighted by Gasteiger charge is 1.92. The van der Waals surface area contributed by atoms with Gasteiger partial charge in [0.25, 0.3) is 0 Å². The smallest absolute Gasteiger partial charge is 0.148 e. The second kappa shape index (κ2) is 19.1. The van der Waals surface area contributed by atoms with E-state index in [9.17, 15) is 0 Å². The molecule has 0 saturated heterocycles. The lowest BCUT2D eigenvalue weighted by atomic mass is 10.2. The molecule has 122 valence electrons. The van der Waals surface area contributed by atoms with Gasteiger partial charge in [-0.1, -0.05) is 12.8 Å². The Labute approximate surface area is 128 Å². The number of hydrogen-bond acceptors (Lipinski definition) is 5. The van der Waals surface area contributed by atoms with Crippen LogP contribution in [-0.2, 0) is 18.9 Å². The quantitative estimate of drug-likeness (QED) is 0.254. The van der Waals surface area contributed by atoms with Gasteiger partial charge in [0.1, 0.15) is 6.79 Å². The first-order valence-electron chi connectivity index (χ1n) is 7.49. The van der Waals surface area contributed by atoms with Crippen molar-refractivity contribution in [1.82, 2.24) is 5.32 Å². The van der Waals surface area contributed by atoms with Crippen LogP contribution in [0.5, 0.6) is 0 Å². The molecule has 0 aliphatic carbocycles. The van der Waals surface area contributed by atoms with Gasteiger partial charge in [-0.2, -0.15) is 0 Å². The van der Waals surface area contributed by atoms with E-state index in [2.05, 4.69) is 5.32 Å². The van der Waals surface area contributed by atoms with Gasteiger partial charge < -0.3 is 18.9 Å². The molecule has 0 amide bonds. The molecule has 0 aromatic heterocycles. The van der Waals surface area contributed by atoms with E-state index < -0.39 is 0 Å². The van der Waals surface area contributed by atoms with Crippen molar-refractivity contribution in [2.24, 2.45) is 0 Å². The third-order valence-electron chi connectivity index (χ3n) is 2.54. The Morgan fingerprint density at radius 2 is 1.55 bits per heavy atom. The third-order valence-corrected chi connectivity index (χ3v) is 2.81. The van der Waals surface area contributed by atoms with Gasteiger partial charge in [0.15, 0.2) is 0 Å². The van der Waals surface area contributed by atoms with Crippen molar-refractivity contribution in [3.05, 3.63) is 0 Å². The van der Waals surface area contributed by atoms with Crippen LogP contribution in [0.3, 0.4) is 0 Å². The van der Waals surface area contributed by atoms with Crippen molar-refractivity contribution in [3.63, 3.8) is 0 Å². The molecule has 0 fully saturated rings. The number of alkyl halides is 1. The molecule has 0 saturated carbocycles. The standard InChI is InChI=1S/C14H30ClNO4/c1-2-17-14-20-13-16-8-10-19-12-11-18-9-6-4-3-5-7-15/h16H,2-14H2,1H3. The number of hydrogen-bond donors (Lipinski definition) is 1. The minimum atomic E-state index is 0.336. The molecule has 0 bridgehead atoms. The molecule has 0 aliphatic heterocycles. The zero-order chi connectivity index (χ0) is 14.7. The van der Waals surface area contributed by atoms with E-state index in [-0.39, 0.29) is 0 Å². The van der Waals surface area contributed by atoms with Crippen molar-refractivity contribution in [2.75, 3.05) is 59.0 Å². The number of ether oxygens (including phenoxy) is 4. The predicted molar refractivity (Wildman–Crippen MR) is 81.3 cm³/mol. The largest absolute Gasteiger partial charge is 0.379 e. The molecule has 0 radical (unpaired) electrons. The normalized spacial score (nSPS) is 11.1. The van der Waals surface area contributed by atoms with Crippen LogP contribution in [0.15, 0.2) is 0 Å². The summed E-state index contributed by atoms with van der Waals surface area (Å²) < 4.78 is 21.1. The van der Waals surface area contributed by atoms with Crippen molar-refractivity contribution >= 4 is 11.6 Å². The molecule has 6 heteroatoms. The second-order valence-corrected chi connectivity index (χ2v) is 4.67. The number of nitrogens with one attached hydrogen (secondary N) is 1. The van der Waals surface area contributed by atoms with Crippen molar-refractivity contribution in [3.8, 4) is 0 Å². The lowest BCUT2D eigenvalue weighted by Gasteiger charge is -2.07. The molecule has 20 heavy (non-hydrogen) atoms. The van der Waals surface area contributed by atoms with E-state index in [0.29, 0.717) is 40.0 Å². The topological polar surface area (TPSA) is 49.0 Å². The Morgan fingerprint density at radius 1 is 0.800 bits per heavy atom. The summed E-state index contributed by atoms with van der Waals surface area (Å²) in [4.78, 5) is 0. The van der Waals surface area contributed by atoms with Gasteiger partial charge in [-0.15, -0.1) is 11.6 Å². The summed E-state index contributed by atoms with van der Waals surface area (Å²) in [5, 5.41) is 3.10. The van der Waals surface area contributed by atoms with Crippen LogP contribution in [0, 0.1) is 0 Å². The summed E-state index contributed by atoms with van der Waals surface area (Å²) in [6.07, 6.45) is 4.60. The summed E-state index contributed by atoms with van der Waals surface area (Å²) in [5.41, 5.74) is 0. The summed E-state index contributed by atoms with van der Waals surface area (Å²) in [6.45, 7) is 6.99. The van der Waals surface area contributed by atoms with Crippen LogP contribution in [0.4, 0.5) is 0 Å². The zero-order valence-corrected chi connectivity index (χ0v) is 13.5. The highest BCUT2D eigenvalue weighted by molar-refractivity contribution is 6.17. The summed E-state index contributed by atoms with van der Waals surface area (Å²) >= 11 is 5.60. The average Bonchev–Trinajstić information content (AvgIpc) is 2.47. The van der Waals surface area contributed by atoms with Crippen LogP contribution in [0.1, 0.15) is 32.6 Å². The zero-order valence-electron chi connectivity index (χ0n) is 12.7. The van der Waals surface area contributed by atoms with Crippen LogP contribution in [0.25, 0.3) is 0 Å². The maximum atomic E-state index is 5.60. The fourth-order valence-electron chi connectivity index (χ4n) is 1.45. The van der Waals surface area contributed by atoms with E-state index in [1.165, 1.54) is 12.8 Å². The van der Waals surface area contributed by atoms with E-state index in [0.717, 1.165) is 31.9 Å². The van der Waals surface area contributed by atoms with Gasteiger partial charge in [0.2, 0.25) is 0 Å². The van der Waals surface area contributed by atoms with E-state index in [1.807, 2.05) is 6.92 Å². The van der Waals surface area contributed by atoms with Gasteiger partial charge in [-0.05, 0) is 19.8 Å². The maximum Gasteiger partial charge on any atom is 0.148 e. The van der Waals surface area contributed by atoms with Crippen molar-refractivity contribution < 1.29 is 18.9 Å². The molecule has 5 nitrogen and oxygen atoms in total. The minimum Gasteiger partial charge on any atom is -0.379 e. The van der Waals surface area contributed by atoms with Crippen LogP contribution in [-0.4, -0.2) is 59.0 Å². The van der Waals surface area contributed by atoms with E-state index in [4.69, 9.17) is 30.5 Å². The Morgan fingerprint density at radius 3 is 2.30 bits per heavy atom. The van der Waals surface area contributed by atoms with Crippen molar-refractivity contribution in [2.45, 2.75) is 32.6 Å². The van der Waals surface area contributed by atoms with Crippen LogP contribution >= 0.6 is 11.6 Å². The fourth-order valence-corrected chi connectivity index (χ4v) is 1.64. The van der Waals surface area contributed by atoms with Gasteiger partial charge in [0.05, 0.1) is 26.6 Å². The molecule has 0 aromatic carbocycles. The van der Waals surface area contributed by atoms with Crippen LogP contribution in [0.2, 0.25) is 0 Å². The highest BCUT2D eigenvalue weighted by Crippen LogP contribution is 2.00. The third kappa shape index (κ3) is 18.1. The first kappa shape index (κ1) is 20.1. The SMILES string of the molecule is CCOCOCNCCOCCOCCCCCCCl. The highest BCUT2D eigenvalue weighted by atomic mass is 35.5. The van der Waals surface area contributed by atoms with E-state index in [1.54, 1.807) is 0 Å².